The third-order valence-corrected chi connectivity index (χ3v) is 4.75. The normalized spacial score (nSPS) is 16.2. The maximum Gasteiger partial charge on any atom is 0.267 e. The molecule has 0 unspecified atom stereocenters. The lowest BCUT2D eigenvalue weighted by molar-refractivity contribution is -0.121. The number of thioether (sulfide) groups is 1. The van der Waals surface area contributed by atoms with E-state index in [-0.39, 0.29) is 5.91 Å². The van der Waals surface area contributed by atoms with Crippen LogP contribution in [0, 0.1) is 0 Å². The van der Waals surface area contributed by atoms with Gasteiger partial charge in [-0.15, -0.1) is 0 Å². The largest absolute Gasteiger partial charge is 0.352 e. The standard InChI is InChI=1S/C16H12ClN3OS2/c17-12-6-4-11(5-7-12)9-13-15(21)20(16(22)23-13)10-19-14-3-1-2-8-18-14/h1-9H,10H2,(H,18,19)/b13-9+. The Morgan fingerprint density at radius 2 is 2.04 bits per heavy atom. The average molecular weight is 362 g/mol. The van der Waals surface area contributed by atoms with Crippen LogP contribution in [0.3, 0.4) is 0 Å². The number of amides is 1. The molecule has 1 fully saturated rings. The number of nitrogens with one attached hydrogen (secondary N) is 1. The quantitative estimate of drug-likeness (QED) is 0.658. The third kappa shape index (κ3) is 3.90. The van der Waals surface area contributed by atoms with Crippen molar-refractivity contribution in [3.8, 4) is 0 Å². The molecule has 4 nitrogen and oxygen atoms in total. The van der Waals surface area contributed by atoms with Gasteiger partial charge in [0.15, 0.2) is 0 Å². The molecule has 1 amide bonds. The molecule has 0 aliphatic carbocycles. The number of anilines is 1. The molecule has 2 aromatic rings. The smallest absolute Gasteiger partial charge is 0.267 e. The Balaban J connectivity index is 1.71. The van der Waals surface area contributed by atoms with E-state index < -0.39 is 0 Å². The maximum absolute atomic E-state index is 12.5. The molecule has 2 heterocycles. The van der Waals surface area contributed by atoms with E-state index >= 15 is 0 Å². The van der Waals surface area contributed by atoms with E-state index in [1.165, 1.54) is 16.7 Å². The number of nitrogens with zero attached hydrogens (tertiary/aromatic N) is 2. The molecule has 0 atom stereocenters. The molecule has 0 spiro atoms. The average Bonchev–Trinajstić information content (AvgIpc) is 2.82. The Morgan fingerprint density at radius 1 is 1.26 bits per heavy atom. The van der Waals surface area contributed by atoms with Gasteiger partial charge in [-0.1, -0.05) is 53.8 Å². The summed E-state index contributed by atoms with van der Waals surface area (Å²) in [5.74, 6) is 0.585. The van der Waals surface area contributed by atoms with Crippen molar-refractivity contribution in [1.82, 2.24) is 9.88 Å². The summed E-state index contributed by atoms with van der Waals surface area (Å²) in [6.07, 6.45) is 3.50. The van der Waals surface area contributed by atoms with Gasteiger partial charge >= 0.3 is 0 Å². The van der Waals surface area contributed by atoms with E-state index in [4.69, 9.17) is 23.8 Å². The van der Waals surface area contributed by atoms with E-state index in [0.717, 1.165) is 5.56 Å². The highest BCUT2D eigenvalue weighted by Crippen LogP contribution is 2.32. The second-order valence-electron chi connectivity index (χ2n) is 4.71. The maximum atomic E-state index is 12.5. The van der Waals surface area contributed by atoms with E-state index in [9.17, 15) is 4.79 Å². The first-order valence-electron chi connectivity index (χ1n) is 6.79. The predicted molar refractivity (Wildman–Crippen MR) is 99.2 cm³/mol. The minimum atomic E-state index is -0.113. The first-order valence-corrected chi connectivity index (χ1v) is 8.39. The van der Waals surface area contributed by atoms with Gasteiger partial charge in [0.25, 0.3) is 5.91 Å². The van der Waals surface area contributed by atoms with E-state index in [1.807, 2.05) is 36.4 Å². The van der Waals surface area contributed by atoms with Crippen LogP contribution in [0.2, 0.25) is 5.02 Å². The molecule has 23 heavy (non-hydrogen) atoms. The number of carbonyl (C=O) groups excluding carboxylic acids is 1. The van der Waals surface area contributed by atoms with Crippen LogP contribution in [0.1, 0.15) is 5.56 Å². The van der Waals surface area contributed by atoms with Crippen LogP contribution < -0.4 is 5.32 Å². The van der Waals surface area contributed by atoms with Crippen molar-refractivity contribution >= 4 is 57.7 Å². The molecule has 0 saturated carbocycles. The zero-order valence-electron chi connectivity index (χ0n) is 11.9. The molecule has 0 radical (unpaired) electrons. The summed E-state index contributed by atoms with van der Waals surface area (Å²) in [5.41, 5.74) is 0.910. The molecule has 116 valence electrons. The third-order valence-electron chi connectivity index (χ3n) is 3.12. The number of halogens is 1. The van der Waals surface area contributed by atoms with E-state index in [2.05, 4.69) is 10.3 Å². The number of rotatable bonds is 4. The van der Waals surface area contributed by atoms with Gasteiger partial charge in [0, 0.05) is 11.2 Å². The fraction of sp³-hybridized carbons (Fsp3) is 0.0625. The highest BCUT2D eigenvalue weighted by atomic mass is 35.5. The van der Waals surface area contributed by atoms with Gasteiger partial charge in [0.2, 0.25) is 0 Å². The Kier molecular flexibility index (Phi) is 4.95. The Bertz CT molecular complexity index is 763. The molecule has 3 rings (SSSR count). The van der Waals surface area contributed by atoms with Gasteiger partial charge in [-0.3, -0.25) is 9.69 Å². The van der Waals surface area contributed by atoms with E-state index in [0.29, 0.717) is 26.7 Å². The minimum absolute atomic E-state index is 0.113. The summed E-state index contributed by atoms with van der Waals surface area (Å²) in [6, 6.07) is 12.8. The number of hydrogen-bond donors (Lipinski definition) is 1. The second-order valence-corrected chi connectivity index (χ2v) is 6.82. The molecule has 1 N–H and O–H groups in total. The number of hydrogen-bond acceptors (Lipinski definition) is 5. The van der Waals surface area contributed by atoms with Crippen molar-refractivity contribution in [2.24, 2.45) is 0 Å². The summed E-state index contributed by atoms with van der Waals surface area (Å²) in [4.78, 5) is 18.8. The van der Waals surface area contributed by atoms with Crippen molar-refractivity contribution in [2.45, 2.75) is 0 Å². The van der Waals surface area contributed by atoms with Gasteiger partial charge in [-0.05, 0) is 35.9 Å². The summed E-state index contributed by atoms with van der Waals surface area (Å²) in [7, 11) is 0. The van der Waals surface area contributed by atoms with Crippen LogP contribution in [0.5, 0.6) is 0 Å². The monoisotopic (exact) mass is 361 g/mol. The van der Waals surface area contributed by atoms with Crippen molar-refractivity contribution < 1.29 is 4.79 Å². The van der Waals surface area contributed by atoms with Gasteiger partial charge in [0.05, 0.1) is 11.6 Å². The summed E-state index contributed by atoms with van der Waals surface area (Å²) in [5, 5.41) is 3.75. The Labute approximate surface area is 148 Å². The van der Waals surface area contributed by atoms with Gasteiger partial charge < -0.3 is 5.32 Å². The highest BCUT2D eigenvalue weighted by molar-refractivity contribution is 8.26. The molecular weight excluding hydrogens is 350 g/mol. The first-order chi connectivity index (χ1) is 11.1. The molecule has 1 aliphatic heterocycles. The lowest BCUT2D eigenvalue weighted by Gasteiger charge is -2.15. The van der Waals surface area contributed by atoms with Crippen molar-refractivity contribution in [2.75, 3.05) is 12.0 Å². The fourth-order valence-electron chi connectivity index (χ4n) is 1.97. The number of pyridine rings is 1. The number of aromatic nitrogens is 1. The lowest BCUT2D eigenvalue weighted by atomic mass is 10.2. The van der Waals surface area contributed by atoms with Crippen LogP contribution in [0.25, 0.3) is 6.08 Å². The zero-order valence-corrected chi connectivity index (χ0v) is 14.3. The topological polar surface area (TPSA) is 45.2 Å². The van der Waals surface area contributed by atoms with Crippen molar-refractivity contribution in [1.29, 1.82) is 0 Å². The number of thiocarbonyl (C=S) groups is 1. The predicted octanol–water partition coefficient (Wildman–Crippen LogP) is 4.01. The molecule has 1 aliphatic rings. The van der Waals surface area contributed by atoms with Crippen LogP contribution in [-0.4, -0.2) is 26.8 Å². The lowest BCUT2D eigenvalue weighted by Crippen LogP contribution is -2.33. The van der Waals surface area contributed by atoms with Gasteiger partial charge in [-0.25, -0.2) is 4.98 Å². The molecule has 0 bridgehead atoms. The Morgan fingerprint density at radius 3 is 2.74 bits per heavy atom. The molecule has 1 aromatic carbocycles. The molecular formula is C16H12ClN3OS2. The molecule has 1 aromatic heterocycles. The number of benzene rings is 1. The zero-order chi connectivity index (χ0) is 16.2. The van der Waals surface area contributed by atoms with Crippen molar-refractivity contribution in [3.05, 3.63) is 64.2 Å². The first kappa shape index (κ1) is 16.0. The molecule has 7 heteroatoms. The van der Waals surface area contributed by atoms with Crippen LogP contribution in [0.4, 0.5) is 5.82 Å². The second kappa shape index (κ2) is 7.12. The van der Waals surface area contributed by atoms with Gasteiger partial charge in [0.1, 0.15) is 10.1 Å². The summed E-state index contributed by atoms with van der Waals surface area (Å²) in [6.45, 7) is 0.291. The summed E-state index contributed by atoms with van der Waals surface area (Å²) >= 11 is 12.5. The number of carbonyl (C=O) groups is 1. The van der Waals surface area contributed by atoms with Crippen LogP contribution >= 0.6 is 35.6 Å². The van der Waals surface area contributed by atoms with Crippen LogP contribution in [-0.2, 0) is 4.79 Å². The van der Waals surface area contributed by atoms with E-state index in [1.54, 1.807) is 18.3 Å². The Hall–Kier alpha value is -1.89. The van der Waals surface area contributed by atoms with Crippen LogP contribution in [0.15, 0.2) is 53.6 Å². The fourth-order valence-corrected chi connectivity index (χ4v) is 3.36. The summed E-state index contributed by atoms with van der Waals surface area (Å²) < 4.78 is 0.527. The van der Waals surface area contributed by atoms with Gasteiger partial charge in [-0.2, -0.15) is 0 Å². The minimum Gasteiger partial charge on any atom is -0.352 e. The molecule has 1 saturated heterocycles. The highest BCUT2D eigenvalue weighted by Gasteiger charge is 2.31. The van der Waals surface area contributed by atoms with Crippen molar-refractivity contribution in [3.63, 3.8) is 0 Å². The SMILES string of the molecule is O=C1/C(=C\c2ccc(Cl)cc2)SC(=S)N1CNc1ccccn1.